The molecule has 3 aliphatic carbocycles. The monoisotopic (exact) mass is 452 g/mol. The van der Waals surface area contributed by atoms with Gasteiger partial charge in [0.2, 0.25) is 10.0 Å². The molecule has 0 radical (unpaired) electrons. The van der Waals surface area contributed by atoms with Crippen LogP contribution in [0.2, 0.25) is 0 Å². The van der Waals surface area contributed by atoms with Crippen LogP contribution in [0, 0.1) is 0 Å². The summed E-state index contributed by atoms with van der Waals surface area (Å²) in [5, 5.41) is 2.05. The highest BCUT2D eigenvalue weighted by Crippen LogP contribution is 2.67. The van der Waals surface area contributed by atoms with Gasteiger partial charge >= 0.3 is 6.18 Å². The quantitative estimate of drug-likeness (QED) is 0.680. The highest BCUT2D eigenvalue weighted by Gasteiger charge is 2.69. The van der Waals surface area contributed by atoms with Crippen LogP contribution in [0.3, 0.4) is 0 Å². The summed E-state index contributed by atoms with van der Waals surface area (Å²) in [7, 11) is -3.94. The predicted molar refractivity (Wildman–Crippen MR) is 111 cm³/mol. The lowest BCUT2D eigenvalue weighted by Gasteiger charge is -2.71. The van der Waals surface area contributed by atoms with Gasteiger partial charge in [0, 0.05) is 11.0 Å². The molecule has 166 valence electrons. The van der Waals surface area contributed by atoms with E-state index in [1.807, 2.05) is 18.2 Å². The number of benzene rings is 2. The van der Waals surface area contributed by atoms with Crippen LogP contribution < -0.4 is 10.0 Å². The van der Waals surface area contributed by atoms with E-state index in [2.05, 4.69) is 22.2 Å². The topological polar surface area (TPSA) is 75.3 Å². The third-order valence-electron chi connectivity index (χ3n) is 6.26. The number of anilines is 1. The molecule has 2 bridgehead atoms. The summed E-state index contributed by atoms with van der Waals surface area (Å²) in [4.78, 5) is 12.9. The summed E-state index contributed by atoms with van der Waals surface area (Å²) in [6.07, 6.45) is -2.40. The van der Waals surface area contributed by atoms with E-state index >= 15 is 0 Å². The van der Waals surface area contributed by atoms with Gasteiger partial charge in [0.15, 0.2) is 0 Å². The average Bonchev–Trinajstić information content (AvgIpc) is 2.62. The van der Waals surface area contributed by atoms with E-state index in [9.17, 15) is 26.4 Å². The maximum atomic E-state index is 13.2. The first-order valence-electron chi connectivity index (χ1n) is 9.97. The molecule has 0 unspecified atom stereocenters. The van der Waals surface area contributed by atoms with Crippen molar-refractivity contribution in [2.75, 3.05) is 4.72 Å². The number of carbonyl (C=O) groups is 1. The van der Waals surface area contributed by atoms with E-state index in [-0.39, 0.29) is 16.7 Å². The molecule has 5 rings (SSSR count). The second-order valence-electron chi connectivity index (χ2n) is 8.87. The summed E-state index contributed by atoms with van der Waals surface area (Å²) in [6, 6.07) is 12.5. The molecule has 2 N–H and O–H groups in total. The molecule has 3 saturated carbocycles. The van der Waals surface area contributed by atoms with Crippen LogP contribution in [-0.2, 0) is 21.6 Å². The van der Waals surface area contributed by atoms with Gasteiger partial charge in [-0.15, -0.1) is 0 Å². The van der Waals surface area contributed by atoms with Crippen LogP contribution >= 0.6 is 0 Å². The van der Waals surface area contributed by atoms with Crippen molar-refractivity contribution in [2.24, 2.45) is 0 Å². The Morgan fingerprint density at radius 2 is 1.65 bits per heavy atom. The number of nitrogens with one attached hydrogen (secondary N) is 2. The number of hydrogen-bond donors (Lipinski definition) is 2. The van der Waals surface area contributed by atoms with Gasteiger partial charge in [0.1, 0.15) is 0 Å². The van der Waals surface area contributed by atoms with E-state index in [0.717, 1.165) is 31.4 Å². The molecule has 2 aromatic rings. The second-order valence-corrected chi connectivity index (χ2v) is 11.1. The third-order valence-corrected chi connectivity index (χ3v) is 8.01. The average molecular weight is 452 g/mol. The molecule has 0 aromatic heterocycles. The molecule has 31 heavy (non-hydrogen) atoms. The van der Waals surface area contributed by atoms with Crippen LogP contribution in [0.1, 0.15) is 54.6 Å². The molecule has 1 amide bonds. The molecule has 0 aliphatic heterocycles. The van der Waals surface area contributed by atoms with E-state index in [0.29, 0.717) is 6.07 Å². The molecule has 3 aliphatic rings. The molecule has 0 spiro atoms. The van der Waals surface area contributed by atoms with Crippen LogP contribution in [0.15, 0.2) is 48.5 Å². The van der Waals surface area contributed by atoms with Crippen molar-refractivity contribution >= 4 is 21.6 Å². The maximum absolute atomic E-state index is 13.2. The first kappa shape index (κ1) is 21.7. The standard InChI is InChI=1S/C22H23F3N2O3S/c1-14(2)31(29,30)27-18-10-16(22(23,24)25)8-9-17(18)19(28)26-21-11-20(12-21,13-21)15-6-4-3-5-7-15/h3-10,14,27H,11-13H2,1-2H3,(H,26,28). The SMILES string of the molecule is CC(C)S(=O)(=O)Nc1cc(C(F)(F)F)ccc1C(=O)NC12CC(c3ccccc3)(C1)C2. The lowest BCUT2D eigenvalue weighted by atomic mass is 9.37. The summed E-state index contributed by atoms with van der Waals surface area (Å²) in [5.74, 6) is -0.587. The zero-order chi connectivity index (χ0) is 22.7. The Hall–Kier alpha value is -2.55. The van der Waals surface area contributed by atoms with E-state index in [4.69, 9.17) is 0 Å². The summed E-state index contributed by atoms with van der Waals surface area (Å²) in [6.45, 7) is 2.81. The minimum atomic E-state index is -4.66. The van der Waals surface area contributed by atoms with Gasteiger partial charge in [-0.05, 0) is 56.9 Å². The summed E-state index contributed by atoms with van der Waals surface area (Å²) in [5.41, 5.74) is -0.674. The largest absolute Gasteiger partial charge is 0.416 e. The van der Waals surface area contributed by atoms with Crippen LogP contribution in [-0.4, -0.2) is 25.1 Å². The van der Waals surface area contributed by atoms with Crippen molar-refractivity contribution in [3.63, 3.8) is 0 Å². The van der Waals surface area contributed by atoms with Gasteiger partial charge in [0.25, 0.3) is 5.91 Å². The van der Waals surface area contributed by atoms with Crippen LogP contribution in [0.5, 0.6) is 0 Å². The third kappa shape index (κ3) is 3.79. The fourth-order valence-electron chi connectivity index (χ4n) is 4.60. The number of rotatable bonds is 6. The lowest BCUT2D eigenvalue weighted by molar-refractivity contribution is -0.137. The minimum absolute atomic E-state index is 0.0384. The molecule has 9 heteroatoms. The van der Waals surface area contributed by atoms with Gasteiger partial charge in [-0.2, -0.15) is 13.2 Å². The molecule has 3 fully saturated rings. The van der Waals surface area contributed by atoms with Crippen molar-refractivity contribution in [3.05, 3.63) is 65.2 Å². The second kappa shape index (κ2) is 6.98. The predicted octanol–water partition coefficient (Wildman–Crippen LogP) is 4.46. The molecule has 0 atom stereocenters. The van der Waals surface area contributed by atoms with Gasteiger partial charge in [-0.3, -0.25) is 9.52 Å². The van der Waals surface area contributed by atoms with Gasteiger partial charge in [0.05, 0.1) is 22.1 Å². The first-order valence-corrected chi connectivity index (χ1v) is 11.5. The Balaban J connectivity index is 1.56. The number of sulfonamides is 1. The number of carbonyl (C=O) groups excluding carboxylic acids is 1. The van der Waals surface area contributed by atoms with Crippen molar-refractivity contribution in [3.8, 4) is 0 Å². The Morgan fingerprint density at radius 1 is 1.03 bits per heavy atom. The Kier molecular flexibility index (Phi) is 4.88. The zero-order valence-corrected chi connectivity index (χ0v) is 17.9. The highest BCUT2D eigenvalue weighted by molar-refractivity contribution is 7.93. The first-order chi connectivity index (χ1) is 14.4. The maximum Gasteiger partial charge on any atom is 0.416 e. The molecule has 0 heterocycles. The van der Waals surface area contributed by atoms with Gasteiger partial charge in [-0.1, -0.05) is 30.3 Å². The Bertz CT molecular complexity index is 1110. The van der Waals surface area contributed by atoms with Crippen molar-refractivity contribution < 1.29 is 26.4 Å². The summed E-state index contributed by atoms with van der Waals surface area (Å²) >= 11 is 0. The Morgan fingerprint density at radius 3 is 2.19 bits per heavy atom. The molecular formula is C22H23F3N2O3S. The van der Waals surface area contributed by atoms with E-state index < -0.39 is 38.5 Å². The number of alkyl halides is 3. The molecule has 2 aromatic carbocycles. The lowest BCUT2D eigenvalue weighted by Crippen LogP contribution is -2.76. The van der Waals surface area contributed by atoms with Crippen molar-refractivity contribution in [1.29, 1.82) is 0 Å². The smallest absolute Gasteiger partial charge is 0.346 e. The van der Waals surface area contributed by atoms with Crippen LogP contribution in [0.25, 0.3) is 0 Å². The molecule has 5 nitrogen and oxygen atoms in total. The normalized spacial score (nSPS) is 24.8. The zero-order valence-electron chi connectivity index (χ0n) is 17.1. The van der Waals surface area contributed by atoms with E-state index in [1.54, 1.807) is 0 Å². The van der Waals surface area contributed by atoms with Crippen LogP contribution in [0.4, 0.5) is 18.9 Å². The van der Waals surface area contributed by atoms with Gasteiger partial charge in [-0.25, -0.2) is 8.42 Å². The Labute approximate surface area is 179 Å². The molecule has 0 saturated heterocycles. The minimum Gasteiger partial charge on any atom is -0.346 e. The number of halogens is 3. The number of amides is 1. The highest BCUT2D eigenvalue weighted by atomic mass is 32.2. The fraction of sp³-hybridized carbons (Fsp3) is 0.409. The van der Waals surface area contributed by atoms with Crippen molar-refractivity contribution in [2.45, 2.75) is 55.5 Å². The van der Waals surface area contributed by atoms with Crippen molar-refractivity contribution in [1.82, 2.24) is 5.32 Å². The number of hydrogen-bond acceptors (Lipinski definition) is 3. The summed E-state index contributed by atoms with van der Waals surface area (Å²) < 4.78 is 66.2. The van der Waals surface area contributed by atoms with Gasteiger partial charge < -0.3 is 5.32 Å². The fourth-order valence-corrected chi connectivity index (χ4v) is 5.31. The molecular weight excluding hydrogens is 429 g/mol. The van der Waals surface area contributed by atoms with E-state index in [1.165, 1.54) is 19.4 Å².